The van der Waals surface area contributed by atoms with E-state index in [0.29, 0.717) is 38.7 Å². The average Bonchev–Trinajstić information content (AvgIpc) is 3.03. The van der Waals surface area contributed by atoms with Crippen LogP contribution in [0.1, 0.15) is 12.6 Å². The van der Waals surface area contributed by atoms with Crippen molar-refractivity contribution in [2.45, 2.75) is 24.9 Å². The van der Waals surface area contributed by atoms with E-state index in [1.807, 2.05) is 0 Å². The van der Waals surface area contributed by atoms with Crippen molar-refractivity contribution in [3.05, 3.63) is 12.7 Å². The molecule has 3 rings (SSSR count). The standard InChI is InChI=1S/C10H16N4O4Si2/c15-9-7-8(11-3-12-9)14(4-13-7)10-6(18-20)1-5(17-10)2-16-19/h3-6,10H,1-2H2,19-20H3,(H,11,12,15)/t5-,6+,10+/m0/s1. The Labute approximate surface area is 121 Å². The van der Waals surface area contributed by atoms with Crippen molar-refractivity contribution in [2.75, 3.05) is 6.61 Å². The smallest absolute Gasteiger partial charge is 0.242 e. The van der Waals surface area contributed by atoms with Gasteiger partial charge in [-0.1, -0.05) is 0 Å². The summed E-state index contributed by atoms with van der Waals surface area (Å²) in [6.07, 6.45) is 3.37. The fourth-order valence-electron chi connectivity index (χ4n) is 2.49. The summed E-state index contributed by atoms with van der Waals surface area (Å²) in [5, 5.41) is 9.68. The summed E-state index contributed by atoms with van der Waals surface area (Å²) in [5.74, 6) is -0.130. The normalized spacial score (nSPS) is 26.7. The van der Waals surface area contributed by atoms with Crippen LogP contribution in [0.3, 0.4) is 0 Å². The molecule has 1 aliphatic heterocycles. The van der Waals surface area contributed by atoms with Crippen molar-refractivity contribution in [3.8, 4) is 5.88 Å². The summed E-state index contributed by atoms with van der Waals surface area (Å²) >= 11 is 0. The summed E-state index contributed by atoms with van der Waals surface area (Å²) < 4.78 is 18.6. The Morgan fingerprint density at radius 3 is 3.00 bits per heavy atom. The van der Waals surface area contributed by atoms with E-state index in [1.165, 1.54) is 6.33 Å². The Kier molecular flexibility index (Phi) is 3.80. The third-order valence-electron chi connectivity index (χ3n) is 3.41. The minimum Gasteiger partial charge on any atom is -0.492 e. The molecule has 0 saturated carbocycles. The van der Waals surface area contributed by atoms with E-state index in [0.717, 1.165) is 6.42 Å². The molecule has 1 N–H and O–H groups in total. The Morgan fingerprint density at radius 2 is 2.25 bits per heavy atom. The lowest BCUT2D eigenvalue weighted by Crippen LogP contribution is -2.21. The molecule has 3 atom stereocenters. The van der Waals surface area contributed by atoms with Gasteiger partial charge in [-0.05, 0) is 0 Å². The van der Waals surface area contributed by atoms with Crippen LogP contribution in [0.5, 0.6) is 5.88 Å². The number of ether oxygens (including phenoxy) is 1. The molecule has 1 aliphatic rings. The Hall–Kier alpha value is -1.34. The van der Waals surface area contributed by atoms with Crippen molar-refractivity contribution in [1.82, 2.24) is 19.5 Å². The molecule has 10 heteroatoms. The van der Waals surface area contributed by atoms with Crippen LogP contribution in [0.4, 0.5) is 0 Å². The number of hydrogen-bond donors (Lipinski definition) is 1. The molecule has 8 nitrogen and oxygen atoms in total. The second-order valence-electron chi connectivity index (χ2n) is 4.64. The molecule has 0 radical (unpaired) electrons. The first-order chi connectivity index (χ1) is 9.74. The summed E-state index contributed by atoms with van der Waals surface area (Å²) in [7, 11) is 1.31. The minimum absolute atomic E-state index is 0.0179. The van der Waals surface area contributed by atoms with E-state index < -0.39 is 0 Å². The molecule has 0 amide bonds. The molecule has 0 aromatic carbocycles. The SMILES string of the molecule is Oc1ncnc2c1ncn2[C@@H]1O[C@H](CO[SiH3])C[C@H]1O[SiH3]. The minimum atomic E-state index is -0.298. The van der Waals surface area contributed by atoms with Crippen LogP contribution in [0.25, 0.3) is 11.2 Å². The molecule has 1 fully saturated rings. The number of nitrogens with zero attached hydrogens (tertiary/aromatic N) is 4. The summed E-state index contributed by atoms with van der Waals surface area (Å²) in [5.41, 5.74) is 0.907. The first kappa shape index (κ1) is 13.6. The van der Waals surface area contributed by atoms with Crippen LogP contribution < -0.4 is 0 Å². The zero-order valence-electron chi connectivity index (χ0n) is 11.3. The predicted molar refractivity (Wildman–Crippen MR) is 76.2 cm³/mol. The molecule has 1 saturated heterocycles. The van der Waals surface area contributed by atoms with E-state index in [1.54, 1.807) is 10.9 Å². The summed E-state index contributed by atoms with van der Waals surface area (Å²) in [6.45, 7) is 0.580. The largest absolute Gasteiger partial charge is 0.492 e. The van der Waals surface area contributed by atoms with Gasteiger partial charge in [0, 0.05) is 6.42 Å². The topological polar surface area (TPSA) is 91.5 Å². The van der Waals surface area contributed by atoms with Crippen molar-refractivity contribution >= 4 is 32.1 Å². The highest BCUT2D eigenvalue weighted by Gasteiger charge is 2.37. The lowest BCUT2D eigenvalue weighted by Gasteiger charge is -2.19. The number of rotatable bonds is 4. The van der Waals surface area contributed by atoms with Gasteiger partial charge in [0.05, 0.1) is 25.1 Å². The third-order valence-corrected chi connectivity index (χ3v) is 4.35. The number of hydrogen-bond acceptors (Lipinski definition) is 7. The molecule has 3 heterocycles. The molecule has 20 heavy (non-hydrogen) atoms. The molecule has 0 aliphatic carbocycles. The fraction of sp³-hybridized carbons (Fsp3) is 0.500. The molecule has 2 aromatic rings. The van der Waals surface area contributed by atoms with Crippen LogP contribution in [-0.2, 0) is 13.6 Å². The maximum absolute atomic E-state index is 9.68. The van der Waals surface area contributed by atoms with Crippen LogP contribution in [0.15, 0.2) is 12.7 Å². The van der Waals surface area contributed by atoms with E-state index in [-0.39, 0.29) is 24.3 Å². The van der Waals surface area contributed by atoms with Crippen LogP contribution in [0.2, 0.25) is 0 Å². The van der Waals surface area contributed by atoms with Gasteiger partial charge in [-0.15, -0.1) is 0 Å². The highest BCUT2D eigenvalue weighted by atomic mass is 28.2. The number of aromatic hydroxyl groups is 1. The summed E-state index contributed by atoms with van der Waals surface area (Å²) in [4.78, 5) is 12.0. The Balaban J connectivity index is 1.95. The van der Waals surface area contributed by atoms with E-state index in [9.17, 15) is 5.11 Å². The van der Waals surface area contributed by atoms with E-state index in [2.05, 4.69) is 15.0 Å². The molecule has 2 aromatic heterocycles. The van der Waals surface area contributed by atoms with Gasteiger partial charge >= 0.3 is 0 Å². The molecular weight excluding hydrogens is 296 g/mol. The Bertz CT molecular complexity index is 610. The van der Waals surface area contributed by atoms with Crippen molar-refractivity contribution in [3.63, 3.8) is 0 Å². The maximum atomic E-state index is 9.68. The lowest BCUT2D eigenvalue weighted by molar-refractivity contribution is -0.0387. The van der Waals surface area contributed by atoms with E-state index >= 15 is 0 Å². The lowest BCUT2D eigenvalue weighted by atomic mass is 10.2. The van der Waals surface area contributed by atoms with Crippen LogP contribution >= 0.6 is 0 Å². The first-order valence-electron chi connectivity index (χ1n) is 6.28. The fourth-order valence-corrected chi connectivity index (χ4v) is 3.29. The summed E-state index contributed by atoms with van der Waals surface area (Å²) in [6, 6.07) is 0. The van der Waals surface area contributed by atoms with Gasteiger partial charge in [-0.25, -0.2) is 9.97 Å². The second kappa shape index (κ2) is 5.57. The van der Waals surface area contributed by atoms with Gasteiger partial charge in [0.2, 0.25) is 5.88 Å². The van der Waals surface area contributed by atoms with Crippen molar-refractivity contribution in [1.29, 1.82) is 0 Å². The van der Waals surface area contributed by atoms with Gasteiger partial charge in [-0.3, -0.25) is 4.57 Å². The van der Waals surface area contributed by atoms with Crippen molar-refractivity contribution < 1.29 is 18.7 Å². The average molecular weight is 312 g/mol. The van der Waals surface area contributed by atoms with Gasteiger partial charge < -0.3 is 18.7 Å². The second-order valence-corrected chi connectivity index (χ2v) is 5.68. The molecule has 0 spiro atoms. The number of imidazole rings is 1. The first-order valence-corrected chi connectivity index (χ1v) is 7.91. The van der Waals surface area contributed by atoms with E-state index in [4.69, 9.17) is 13.6 Å². The van der Waals surface area contributed by atoms with Crippen LogP contribution in [-0.4, -0.2) is 64.4 Å². The van der Waals surface area contributed by atoms with Gasteiger partial charge in [0.25, 0.3) is 0 Å². The maximum Gasteiger partial charge on any atom is 0.242 e. The molecular formula is C10H16N4O4Si2. The number of aromatic nitrogens is 4. The number of fused-ring (bicyclic) bond motifs is 1. The molecule has 108 valence electrons. The van der Waals surface area contributed by atoms with Gasteiger partial charge in [0.1, 0.15) is 27.3 Å². The quantitative estimate of drug-likeness (QED) is 0.640. The molecule has 0 unspecified atom stereocenters. The van der Waals surface area contributed by atoms with Gasteiger partial charge in [-0.2, -0.15) is 4.98 Å². The molecule has 0 bridgehead atoms. The van der Waals surface area contributed by atoms with Crippen molar-refractivity contribution in [2.24, 2.45) is 0 Å². The zero-order valence-corrected chi connectivity index (χ0v) is 15.3. The highest BCUT2D eigenvalue weighted by molar-refractivity contribution is 5.98. The van der Waals surface area contributed by atoms with Crippen LogP contribution in [0, 0.1) is 0 Å². The highest BCUT2D eigenvalue weighted by Crippen LogP contribution is 2.33. The monoisotopic (exact) mass is 312 g/mol. The Morgan fingerprint density at radius 1 is 1.40 bits per heavy atom. The third kappa shape index (κ3) is 2.25. The zero-order chi connectivity index (χ0) is 14.1. The van der Waals surface area contributed by atoms with Gasteiger partial charge in [0.15, 0.2) is 17.4 Å². The predicted octanol–water partition coefficient (Wildman–Crippen LogP) is -2.22.